The molecule has 1 aromatic carbocycles. The van der Waals surface area contributed by atoms with E-state index in [1.807, 2.05) is 32.7 Å². The maximum Gasteiger partial charge on any atom is 0.410 e. The molecule has 144 valence electrons. The Labute approximate surface area is 154 Å². The summed E-state index contributed by atoms with van der Waals surface area (Å²) in [5.74, 6) is -0.397. The molecule has 2 amide bonds. The molecule has 1 atom stereocenters. The molecule has 1 unspecified atom stereocenters. The number of rotatable bonds is 4. The Hall–Kier alpha value is -2.15. The number of hydrogen-bond donors (Lipinski definition) is 1. The van der Waals surface area contributed by atoms with E-state index in [0.29, 0.717) is 32.6 Å². The molecule has 0 aromatic heterocycles. The highest BCUT2D eigenvalue weighted by molar-refractivity contribution is 5.83. The molecule has 0 radical (unpaired) electrons. The zero-order chi connectivity index (χ0) is 19.3. The summed E-state index contributed by atoms with van der Waals surface area (Å²) in [4.78, 5) is 28.3. The first-order valence-corrected chi connectivity index (χ1v) is 8.86. The monoisotopic (exact) mass is 365 g/mol. The van der Waals surface area contributed by atoms with Crippen LogP contribution in [0.15, 0.2) is 24.3 Å². The van der Waals surface area contributed by atoms with Gasteiger partial charge in [-0.15, -0.1) is 0 Å². The first-order valence-electron chi connectivity index (χ1n) is 8.86. The van der Waals surface area contributed by atoms with Crippen molar-refractivity contribution in [1.82, 2.24) is 15.1 Å². The molecule has 0 saturated carbocycles. The van der Waals surface area contributed by atoms with Crippen LogP contribution in [0.2, 0.25) is 0 Å². The second-order valence-electron chi connectivity index (χ2n) is 7.59. The van der Waals surface area contributed by atoms with Gasteiger partial charge in [-0.25, -0.2) is 9.18 Å². The maximum atomic E-state index is 12.9. The zero-order valence-electron chi connectivity index (χ0n) is 15.9. The van der Waals surface area contributed by atoms with Crippen molar-refractivity contribution in [3.05, 3.63) is 35.6 Å². The van der Waals surface area contributed by atoms with Crippen LogP contribution >= 0.6 is 0 Å². The molecule has 26 heavy (non-hydrogen) atoms. The highest BCUT2D eigenvalue weighted by atomic mass is 19.1. The number of carbonyl (C=O) groups is 2. The molecule has 1 aromatic rings. The van der Waals surface area contributed by atoms with Crippen LogP contribution in [0.1, 0.15) is 26.3 Å². The third kappa shape index (κ3) is 5.98. The van der Waals surface area contributed by atoms with Crippen molar-refractivity contribution in [3.8, 4) is 0 Å². The van der Waals surface area contributed by atoms with Crippen LogP contribution in [0.3, 0.4) is 0 Å². The van der Waals surface area contributed by atoms with Gasteiger partial charge in [0.2, 0.25) is 5.91 Å². The highest BCUT2D eigenvalue weighted by Crippen LogP contribution is 2.14. The van der Waals surface area contributed by atoms with Crippen LogP contribution in [0.25, 0.3) is 0 Å². The van der Waals surface area contributed by atoms with Crippen molar-refractivity contribution in [2.75, 3.05) is 33.2 Å². The predicted molar refractivity (Wildman–Crippen MR) is 97.3 cm³/mol. The predicted octanol–water partition coefficient (Wildman–Crippen LogP) is 2.04. The number of benzene rings is 1. The minimum atomic E-state index is -0.562. The van der Waals surface area contributed by atoms with Gasteiger partial charge in [0.05, 0.1) is 0 Å². The van der Waals surface area contributed by atoms with Gasteiger partial charge < -0.3 is 15.0 Å². The summed E-state index contributed by atoms with van der Waals surface area (Å²) in [7, 11) is 1.87. The molecule has 7 heteroatoms. The lowest BCUT2D eigenvalue weighted by atomic mass is 10.1. The Kier molecular flexibility index (Phi) is 6.58. The van der Waals surface area contributed by atoms with Crippen molar-refractivity contribution in [1.29, 1.82) is 0 Å². The van der Waals surface area contributed by atoms with E-state index < -0.39 is 17.7 Å². The van der Waals surface area contributed by atoms with Crippen molar-refractivity contribution in [2.45, 2.75) is 38.8 Å². The minimum Gasteiger partial charge on any atom is -0.444 e. The summed E-state index contributed by atoms with van der Waals surface area (Å²) in [5, 5.41) is 2.90. The largest absolute Gasteiger partial charge is 0.444 e. The van der Waals surface area contributed by atoms with Gasteiger partial charge in [0, 0.05) is 26.2 Å². The summed E-state index contributed by atoms with van der Waals surface area (Å²) < 4.78 is 18.3. The fourth-order valence-corrected chi connectivity index (χ4v) is 2.75. The smallest absolute Gasteiger partial charge is 0.410 e. The van der Waals surface area contributed by atoms with E-state index in [1.54, 1.807) is 17.0 Å². The minimum absolute atomic E-state index is 0.122. The Morgan fingerprint density at radius 1 is 1.23 bits per heavy atom. The van der Waals surface area contributed by atoms with Crippen molar-refractivity contribution in [3.63, 3.8) is 0 Å². The summed E-state index contributed by atoms with van der Waals surface area (Å²) in [6, 6.07) is 5.82. The van der Waals surface area contributed by atoms with Gasteiger partial charge in [-0.1, -0.05) is 12.1 Å². The number of ether oxygens (including phenoxy) is 1. The van der Waals surface area contributed by atoms with Crippen molar-refractivity contribution < 1.29 is 18.7 Å². The zero-order valence-corrected chi connectivity index (χ0v) is 15.9. The molecule has 1 fully saturated rings. The molecule has 0 bridgehead atoms. The highest BCUT2D eigenvalue weighted by Gasteiger charge is 2.33. The molecule has 1 saturated heterocycles. The summed E-state index contributed by atoms with van der Waals surface area (Å²) in [5.41, 5.74) is 0.395. The first-order chi connectivity index (χ1) is 12.2. The van der Waals surface area contributed by atoms with Gasteiger partial charge in [-0.2, -0.15) is 0 Å². The molecule has 6 nitrogen and oxygen atoms in total. The third-order valence-electron chi connectivity index (χ3n) is 4.23. The molecule has 1 aliphatic heterocycles. The van der Waals surface area contributed by atoms with Crippen LogP contribution in [0.4, 0.5) is 9.18 Å². The van der Waals surface area contributed by atoms with E-state index in [0.717, 1.165) is 5.56 Å². The molecular weight excluding hydrogens is 337 g/mol. The number of nitrogens with zero attached hydrogens (tertiary/aromatic N) is 2. The molecule has 1 heterocycles. The van der Waals surface area contributed by atoms with Gasteiger partial charge in [-0.3, -0.25) is 9.69 Å². The van der Waals surface area contributed by atoms with E-state index in [9.17, 15) is 14.0 Å². The van der Waals surface area contributed by atoms with Crippen LogP contribution in [-0.2, 0) is 16.0 Å². The maximum absolute atomic E-state index is 12.9. The second-order valence-corrected chi connectivity index (χ2v) is 7.59. The van der Waals surface area contributed by atoms with E-state index in [2.05, 4.69) is 5.32 Å². The van der Waals surface area contributed by atoms with E-state index in [-0.39, 0.29) is 11.7 Å². The van der Waals surface area contributed by atoms with Gasteiger partial charge in [-0.05, 0) is 51.9 Å². The Morgan fingerprint density at radius 2 is 1.88 bits per heavy atom. The van der Waals surface area contributed by atoms with Gasteiger partial charge in [0.25, 0.3) is 0 Å². The second kappa shape index (κ2) is 8.49. The van der Waals surface area contributed by atoms with E-state index in [1.165, 1.54) is 12.1 Å². The Balaban J connectivity index is 1.85. The molecule has 0 spiro atoms. The fraction of sp³-hybridized carbons (Fsp3) is 0.579. The van der Waals surface area contributed by atoms with Crippen LogP contribution in [0, 0.1) is 5.82 Å². The average molecular weight is 365 g/mol. The molecule has 1 N–H and O–H groups in total. The van der Waals surface area contributed by atoms with Crippen LogP contribution in [0.5, 0.6) is 0 Å². The summed E-state index contributed by atoms with van der Waals surface area (Å²) in [6.45, 7) is 7.36. The first kappa shape index (κ1) is 20.2. The molecule has 2 rings (SSSR count). The number of piperazine rings is 1. The number of carbonyl (C=O) groups excluding carboxylic acids is 2. The molecule has 0 aliphatic carbocycles. The summed E-state index contributed by atoms with van der Waals surface area (Å²) >= 11 is 0. The van der Waals surface area contributed by atoms with E-state index in [4.69, 9.17) is 4.74 Å². The lowest BCUT2D eigenvalue weighted by Crippen LogP contribution is -2.59. The SMILES string of the molecule is CN1CCN(C(=O)OC(C)(C)C)CC1C(=O)NCCc1ccc(F)cc1. The summed E-state index contributed by atoms with van der Waals surface area (Å²) in [6.07, 6.45) is 0.229. The third-order valence-corrected chi connectivity index (χ3v) is 4.23. The number of hydrogen-bond acceptors (Lipinski definition) is 4. The number of amides is 2. The lowest BCUT2D eigenvalue weighted by Gasteiger charge is -2.38. The van der Waals surface area contributed by atoms with Gasteiger partial charge in [0.1, 0.15) is 17.5 Å². The van der Waals surface area contributed by atoms with Crippen molar-refractivity contribution >= 4 is 12.0 Å². The number of halogens is 1. The van der Waals surface area contributed by atoms with Gasteiger partial charge >= 0.3 is 6.09 Å². The quantitative estimate of drug-likeness (QED) is 0.887. The normalized spacial score (nSPS) is 18.5. The lowest BCUT2D eigenvalue weighted by molar-refractivity contribution is -0.127. The Morgan fingerprint density at radius 3 is 2.50 bits per heavy atom. The van der Waals surface area contributed by atoms with Crippen LogP contribution < -0.4 is 5.32 Å². The fourth-order valence-electron chi connectivity index (χ4n) is 2.75. The topological polar surface area (TPSA) is 61.9 Å². The standard InChI is InChI=1S/C19H28FN3O3/c1-19(2,3)26-18(25)23-12-11-22(4)16(13-23)17(24)21-10-9-14-5-7-15(20)8-6-14/h5-8,16H,9-13H2,1-4H3,(H,21,24). The molecular formula is C19H28FN3O3. The van der Waals surface area contributed by atoms with E-state index >= 15 is 0 Å². The number of likely N-dealkylation sites (N-methyl/N-ethyl adjacent to an activating group) is 1. The van der Waals surface area contributed by atoms with Crippen LogP contribution in [-0.4, -0.2) is 66.7 Å². The number of nitrogens with one attached hydrogen (secondary N) is 1. The molecule has 1 aliphatic rings. The average Bonchev–Trinajstić information content (AvgIpc) is 2.55. The Bertz CT molecular complexity index is 628. The van der Waals surface area contributed by atoms with Gasteiger partial charge in [0.15, 0.2) is 0 Å². The van der Waals surface area contributed by atoms with Crippen molar-refractivity contribution in [2.24, 2.45) is 0 Å².